The Bertz CT molecular complexity index is 446. The highest BCUT2D eigenvalue weighted by Crippen LogP contribution is 2.70. The number of ether oxygens (including phenoxy) is 2. The van der Waals surface area contributed by atoms with Crippen LogP contribution < -0.4 is 0 Å². The predicted octanol–water partition coefficient (Wildman–Crippen LogP) is 1.81. The van der Waals surface area contributed by atoms with E-state index in [-0.39, 0.29) is 41.9 Å². The van der Waals surface area contributed by atoms with Crippen molar-refractivity contribution in [1.29, 1.82) is 0 Å². The number of rotatable bonds is 2. The Morgan fingerprint density at radius 2 is 1.95 bits per heavy atom. The van der Waals surface area contributed by atoms with Crippen LogP contribution in [-0.4, -0.2) is 30.6 Å². The first-order valence-corrected chi connectivity index (χ1v) is 7.02. The first kappa shape index (κ1) is 13.1. The van der Waals surface area contributed by atoms with Gasteiger partial charge in [-0.15, -0.1) is 0 Å². The van der Waals surface area contributed by atoms with Gasteiger partial charge in [-0.1, -0.05) is 13.8 Å². The molecule has 1 heterocycles. The number of epoxide rings is 1. The van der Waals surface area contributed by atoms with Gasteiger partial charge in [0, 0.05) is 0 Å². The number of esters is 1. The Hall–Kier alpha value is -0.900. The van der Waals surface area contributed by atoms with Crippen LogP contribution >= 0.6 is 0 Å². The van der Waals surface area contributed by atoms with E-state index in [1.165, 1.54) is 0 Å². The summed E-state index contributed by atoms with van der Waals surface area (Å²) in [6.07, 6.45) is -0.0802. The molecule has 19 heavy (non-hydrogen) atoms. The largest absolute Gasteiger partial charge is 0.465 e. The minimum atomic E-state index is -0.519. The van der Waals surface area contributed by atoms with Crippen LogP contribution in [0, 0.1) is 28.6 Å². The quantitative estimate of drug-likeness (QED) is 0.565. The number of carbonyl (C=O) groups is 2. The second kappa shape index (κ2) is 3.60. The van der Waals surface area contributed by atoms with E-state index in [4.69, 9.17) is 9.47 Å². The van der Waals surface area contributed by atoms with Crippen molar-refractivity contribution in [2.24, 2.45) is 28.6 Å². The predicted molar refractivity (Wildman–Crippen MR) is 68.3 cm³/mol. The SMILES string of the molecule is CC(C)(C)C(=O)OC[C@@H]1C(=O)[C@@H]2O[C@@H]2[C@@H]2[C@H]1C2(C)C. The molecule has 0 unspecified atom stereocenters. The normalized spacial score (nSPS) is 42.2. The molecule has 4 heteroatoms. The minimum absolute atomic E-state index is 0.138. The van der Waals surface area contributed by atoms with Crippen molar-refractivity contribution in [2.75, 3.05) is 6.61 Å². The molecule has 0 aromatic carbocycles. The Morgan fingerprint density at radius 3 is 2.53 bits per heavy atom. The van der Waals surface area contributed by atoms with Gasteiger partial charge >= 0.3 is 5.97 Å². The highest BCUT2D eigenvalue weighted by Gasteiger charge is 2.76. The van der Waals surface area contributed by atoms with E-state index in [1.807, 2.05) is 20.8 Å². The van der Waals surface area contributed by atoms with Gasteiger partial charge in [0.1, 0.15) is 12.7 Å². The maximum absolute atomic E-state index is 12.2. The summed E-state index contributed by atoms with van der Waals surface area (Å²) in [6, 6.07) is 0. The molecule has 5 atom stereocenters. The van der Waals surface area contributed by atoms with Gasteiger partial charge in [0.15, 0.2) is 5.78 Å². The van der Waals surface area contributed by atoms with Gasteiger partial charge in [0.2, 0.25) is 0 Å². The summed E-state index contributed by atoms with van der Waals surface area (Å²) in [4.78, 5) is 24.1. The molecule has 3 aliphatic rings. The van der Waals surface area contributed by atoms with Gasteiger partial charge < -0.3 is 9.47 Å². The molecule has 0 N–H and O–H groups in total. The van der Waals surface area contributed by atoms with Gasteiger partial charge in [0.25, 0.3) is 0 Å². The van der Waals surface area contributed by atoms with Crippen molar-refractivity contribution < 1.29 is 19.1 Å². The molecule has 0 aromatic heterocycles. The molecule has 2 aliphatic carbocycles. The maximum Gasteiger partial charge on any atom is 0.311 e. The molecule has 2 saturated carbocycles. The second-order valence-electron chi connectivity index (χ2n) is 7.75. The van der Waals surface area contributed by atoms with E-state index >= 15 is 0 Å². The molecule has 4 nitrogen and oxygen atoms in total. The van der Waals surface area contributed by atoms with E-state index in [0.29, 0.717) is 11.8 Å². The lowest BCUT2D eigenvalue weighted by molar-refractivity contribution is -0.155. The summed E-state index contributed by atoms with van der Waals surface area (Å²) in [5.41, 5.74) is -0.376. The van der Waals surface area contributed by atoms with Crippen LogP contribution in [0.3, 0.4) is 0 Å². The zero-order valence-corrected chi connectivity index (χ0v) is 12.2. The Labute approximate surface area is 113 Å². The fraction of sp³-hybridized carbons (Fsp3) is 0.867. The monoisotopic (exact) mass is 266 g/mol. The number of hydrogen-bond donors (Lipinski definition) is 0. The highest BCUT2D eigenvalue weighted by molar-refractivity contribution is 5.91. The second-order valence-corrected chi connectivity index (χ2v) is 7.75. The van der Waals surface area contributed by atoms with Crippen molar-refractivity contribution in [3.05, 3.63) is 0 Å². The van der Waals surface area contributed by atoms with E-state index in [9.17, 15) is 9.59 Å². The third-order valence-corrected chi connectivity index (χ3v) is 4.96. The maximum atomic E-state index is 12.2. The molecule has 0 radical (unpaired) electrons. The van der Waals surface area contributed by atoms with Crippen LogP contribution in [0.15, 0.2) is 0 Å². The molecule has 1 aliphatic heterocycles. The molecule has 1 saturated heterocycles. The van der Waals surface area contributed by atoms with E-state index in [2.05, 4.69) is 13.8 Å². The molecule has 3 rings (SSSR count). The lowest BCUT2D eigenvalue weighted by Gasteiger charge is -2.22. The lowest BCUT2D eigenvalue weighted by Crippen LogP contribution is -2.35. The van der Waals surface area contributed by atoms with E-state index in [0.717, 1.165) is 0 Å². The summed E-state index contributed by atoms with van der Waals surface area (Å²) in [5.74, 6) is 0.507. The van der Waals surface area contributed by atoms with E-state index in [1.54, 1.807) is 0 Å². The highest BCUT2D eigenvalue weighted by atomic mass is 16.6. The van der Waals surface area contributed by atoms with Crippen LogP contribution in [0.5, 0.6) is 0 Å². The smallest absolute Gasteiger partial charge is 0.311 e. The van der Waals surface area contributed by atoms with Crippen LogP contribution in [0.25, 0.3) is 0 Å². The zero-order valence-electron chi connectivity index (χ0n) is 12.2. The number of Topliss-reactive ketones (excluding diaryl/α,β-unsaturated/α-hetero) is 1. The Balaban J connectivity index is 1.68. The molecule has 0 spiro atoms. The summed E-state index contributed by atoms with van der Waals surface area (Å²) in [6.45, 7) is 10.0. The van der Waals surface area contributed by atoms with Crippen molar-refractivity contribution in [3.63, 3.8) is 0 Å². The first-order chi connectivity index (χ1) is 8.65. The van der Waals surface area contributed by atoms with E-state index < -0.39 is 5.41 Å². The number of hydrogen-bond acceptors (Lipinski definition) is 4. The van der Waals surface area contributed by atoms with Crippen molar-refractivity contribution in [1.82, 2.24) is 0 Å². The van der Waals surface area contributed by atoms with Crippen LogP contribution in [0.4, 0.5) is 0 Å². The fourth-order valence-corrected chi connectivity index (χ4v) is 3.70. The third-order valence-electron chi connectivity index (χ3n) is 4.96. The van der Waals surface area contributed by atoms with Gasteiger partial charge in [-0.25, -0.2) is 0 Å². The summed E-state index contributed by atoms with van der Waals surface area (Å²) in [5, 5.41) is 0. The molecule has 0 aromatic rings. The minimum Gasteiger partial charge on any atom is -0.465 e. The lowest BCUT2D eigenvalue weighted by atomic mass is 9.87. The van der Waals surface area contributed by atoms with Crippen molar-refractivity contribution in [2.45, 2.75) is 46.8 Å². The topological polar surface area (TPSA) is 55.9 Å². The third kappa shape index (κ3) is 1.83. The molecular formula is C15H22O4. The fourth-order valence-electron chi connectivity index (χ4n) is 3.70. The van der Waals surface area contributed by atoms with Gasteiger partial charge in [-0.05, 0) is 38.0 Å². The molecule has 0 bridgehead atoms. The molecule has 106 valence electrons. The summed E-state index contributed by atoms with van der Waals surface area (Å²) >= 11 is 0. The van der Waals surface area contributed by atoms with Gasteiger partial charge in [-0.3, -0.25) is 9.59 Å². The van der Waals surface area contributed by atoms with Gasteiger partial charge in [0.05, 0.1) is 17.4 Å². The van der Waals surface area contributed by atoms with Crippen molar-refractivity contribution in [3.8, 4) is 0 Å². The van der Waals surface area contributed by atoms with Gasteiger partial charge in [-0.2, -0.15) is 0 Å². The standard InChI is InChI=1S/C15H22O4/c1-14(2,3)13(17)18-6-7-8-9(15(8,4)5)11-12(19-11)10(7)16/h7-9,11-12H,6H2,1-5H3/t7-,8-,9-,11+,12-/m0/s1. The average molecular weight is 266 g/mol. The summed E-state index contributed by atoms with van der Waals surface area (Å²) < 4.78 is 10.9. The Morgan fingerprint density at radius 1 is 1.32 bits per heavy atom. The average Bonchev–Trinajstić information content (AvgIpc) is 3.13. The number of ketones is 1. The van der Waals surface area contributed by atoms with Crippen molar-refractivity contribution >= 4 is 11.8 Å². The van der Waals surface area contributed by atoms with Crippen LogP contribution in [-0.2, 0) is 19.1 Å². The van der Waals surface area contributed by atoms with Crippen LogP contribution in [0.2, 0.25) is 0 Å². The number of fused-ring (bicyclic) bond motifs is 3. The molecule has 0 amide bonds. The van der Waals surface area contributed by atoms with Crippen LogP contribution in [0.1, 0.15) is 34.6 Å². The first-order valence-electron chi connectivity index (χ1n) is 7.02. The number of carbonyl (C=O) groups excluding carboxylic acids is 2. The summed E-state index contributed by atoms with van der Waals surface area (Å²) in [7, 11) is 0. The Kier molecular flexibility index (Phi) is 2.48. The zero-order chi connectivity index (χ0) is 14.2. The molecular weight excluding hydrogens is 244 g/mol. The molecule has 3 fully saturated rings.